The minimum atomic E-state index is -0.751. The number of hydrogen-bond acceptors (Lipinski definition) is 4. The van der Waals surface area contributed by atoms with Gasteiger partial charge in [-0.15, -0.1) is 6.58 Å². The van der Waals surface area contributed by atoms with Crippen LogP contribution in [0.2, 0.25) is 0 Å². The molecule has 6 nitrogen and oxygen atoms in total. The number of carbonyl (C=O) groups excluding carboxylic acids is 2. The highest BCUT2D eigenvalue weighted by Gasteiger charge is 2.31. The summed E-state index contributed by atoms with van der Waals surface area (Å²) in [7, 11) is 1.35. The molecule has 6 heteroatoms. The minimum absolute atomic E-state index is 0.155. The first-order valence-electron chi connectivity index (χ1n) is 9.72. The van der Waals surface area contributed by atoms with Crippen molar-refractivity contribution in [2.75, 3.05) is 13.7 Å². The van der Waals surface area contributed by atoms with Gasteiger partial charge in [0, 0.05) is 28.4 Å². The summed E-state index contributed by atoms with van der Waals surface area (Å²) >= 11 is 0. The van der Waals surface area contributed by atoms with Crippen LogP contribution in [-0.2, 0) is 26.2 Å². The number of benzene rings is 1. The number of fused-ring (bicyclic) bond motifs is 1. The number of para-hydroxylation sites is 1. The molecule has 3 N–H and O–H groups in total. The van der Waals surface area contributed by atoms with E-state index >= 15 is 0 Å². The number of H-pyrrole nitrogens is 1. The highest BCUT2D eigenvalue weighted by Crippen LogP contribution is 2.33. The minimum Gasteiger partial charge on any atom is -0.467 e. The number of aromatic nitrogens is 1. The summed E-state index contributed by atoms with van der Waals surface area (Å²) in [6, 6.07) is 6.98. The van der Waals surface area contributed by atoms with E-state index in [9.17, 15) is 9.59 Å². The second kappa shape index (κ2) is 8.19. The van der Waals surface area contributed by atoms with Gasteiger partial charge in [-0.25, -0.2) is 4.79 Å². The quantitative estimate of drug-likeness (QED) is 0.507. The Morgan fingerprint density at radius 3 is 2.79 bits per heavy atom. The van der Waals surface area contributed by atoms with Crippen LogP contribution in [0, 0.1) is 0 Å². The molecule has 2 aromatic rings. The number of carbonyl (C=O) groups is 2. The number of aromatic amines is 1. The SMILES string of the molecule is C=CC(C)(C)c1[nH]c2ccccc2c1C[C@H](NC(=O)[C@@H]1CCCN1)C(=O)OC. The van der Waals surface area contributed by atoms with Gasteiger partial charge in [-0.05, 0) is 31.0 Å². The smallest absolute Gasteiger partial charge is 0.328 e. The Hall–Kier alpha value is -2.60. The topological polar surface area (TPSA) is 83.2 Å². The number of methoxy groups -OCH3 is 1. The monoisotopic (exact) mass is 383 g/mol. The first kappa shape index (κ1) is 20.1. The van der Waals surface area contributed by atoms with Gasteiger partial charge in [0.05, 0.1) is 13.2 Å². The zero-order valence-electron chi connectivity index (χ0n) is 16.8. The first-order chi connectivity index (χ1) is 13.4. The lowest BCUT2D eigenvalue weighted by atomic mass is 9.85. The van der Waals surface area contributed by atoms with E-state index in [1.807, 2.05) is 30.3 Å². The molecule has 1 aliphatic rings. The van der Waals surface area contributed by atoms with Crippen LogP contribution < -0.4 is 10.6 Å². The average molecular weight is 383 g/mol. The Morgan fingerprint density at radius 2 is 2.14 bits per heavy atom. The van der Waals surface area contributed by atoms with Crippen molar-refractivity contribution in [2.45, 2.75) is 50.6 Å². The van der Waals surface area contributed by atoms with Crippen molar-refractivity contribution >= 4 is 22.8 Å². The van der Waals surface area contributed by atoms with Gasteiger partial charge in [0.1, 0.15) is 6.04 Å². The lowest BCUT2D eigenvalue weighted by Gasteiger charge is -2.24. The number of hydrogen-bond donors (Lipinski definition) is 3. The summed E-state index contributed by atoms with van der Waals surface area (Å²) in [5.74, 6) is -0.601. The number of amides is 1. The highest BCUT2D eigenvalue weighted by atomic mass is 16.5. The lowest BCUT2D eigenvalue weighted by Crippen LogP contribution is -2.49. The summed E-state index contributed by atoms with van der Waals surface area (Å²) in [4.78, 5) is 28.5. The molecular formula is C22H29N3O3. The summed E-state index contributed by atoms with van der Waals surface area (Å²) in [6.07, 6.45) is 3.97. The van der Waals surface area contributed by atoms with Gasteiger partial charge in [0.15, 0.2) is 0 Å². The van der Waals surface area contributed by atoms with Crippen molar-refractivity contribution in [1.82, 2.24) is 15.6 Å². The molecule has 1 aromatic heterocycles. The fraction of sp³-hybridized carbons (Fsp3) is 0.455. The van der Waals surface area contributed by atoms with E-state index in [1.54, 1.807) is 0 Å². The summed E-state index contributed by atoms with van der Waals surface area (Å²) < 4.78 is 4.98. The van der Waals surface area contributed by atoms with E-state index in [0.29, 0.717) is 6.42 Å². The van der Waals surface area contributed by atoms with Gasteiger partial charge in [-0.3, -0.25) is 4.79 Å². The summed E-state index contributed by atoms with van der Waals surface area (Å²) in [6.45, 7) is 8.93. The van der Waals surface area contributed by atoms with Gasteiger partial charge in [-0.2, -0.15) is 0 Å². The van der Waals surface area contributed by atoms with Crippen LogP contribution in [0.5, 0.6) is 0 Å². The third-order valence-electron chi connectivity index (χ3n) is 5.56. The van der Waals surface area contributed by atoms with Crippen LogP contribution >= 0.6 is 0 Å². The maximum Gasteiger partial charge on any atom is 0.328 e. The zero-order chi connectivity index (χ0) is 20.3. The Balaban J connectivity index is 1.96. The van der Waals surface area contributed by atoms with Crippen LogP contribution in [-0.4, -0.2) is 42.6 Å². The largest absolute Gasteiger partial charge is 0.467 e. The second-order valence-electron chi connectivity index (χ2n) is 7.89. The van der Waals surface area contributed by atoms with Gasteiger partial charge >= 0.3 is 5.97 Å². The van der Waals surface area contributed by atoms with Crippen LogP contribution in [0.1, 0.15) is 37.9 Å². The Kier molecular flexibility index (Phi) is 5.89. The van der Waals surface area contributed by atoms with Crippen molar-refractivity contribution in [3.63, 3.8) is 0 Å². The average Bonchev–Trinajstić information content (AvgIpc) is 3.35. The number of allylic oxidation sites excluding steroid dienone is 1. The second-order valence-corrected chi connectivity index (χ2v) is 7.89. The fourth-order valence-electron chi connectivity index (χ4n) is 3.78. The molecule has 0 saturated carbocycles. The standard InChI is InChI=1S/C22H29N3O3/c1-5-22(2,3)19-15(14-9-6-7-10-16(14)24-19)13-18(21(27)28-4)25-20(26)17-11-8-12-23-17/h5-7,9-10,17-18,23-24H,1,8,11-13H2,2-4H3,(H,25,26)/t17-,18-/m0/s1. The summed E-state index contributed by atoms with van der Waals surface area (Å²) in [5, 5.41) is 7.10. The molecule has 1 saturated heterocycles. The van der Waals surface area contributed by atoms with Crippen molar-refractivity contribution in [1.29, 1.82) is 0 Å². The number of esters is 1. The Bertz CT molecular complexity index is 878. The molecule has 3 rings (SSSR count). The third-order valence-corrected chi connectivity index (χ3v) is 5.56. The molecule has 0 bridgehead atoms. The van der Waals surface area contributed by atoms with E-state index in [2.05, 4.69) is 36.0 Å². The van der Waals surface area contributed by atoms with Gasteiger partial charge in [0.25, 0.3) is 0 Å². The molecule has 1 aliphatic heterocycles. The van der Waals surface area contributed by atoms with Crippen LogP contribution in [0.25, 0.3) is 10.9 Å². The van der Waals surface area contributed by atoms with Gasteiger partial charge in [-0.1, -0.05) is 38.1 Å². The molecule has 150 valence electrons. The Morgan fingerprint density at radius 1 is 1.39 bits per heavy atom. The first-order valence-corrected chi connectivity index (χ1v) is 9.72. The van der Waals surface area contributed by atoms with Crippen molar-refractivity contribution in [3.05, 3.63) is 48.2 Å². The van der Waals surface area contributed by atoms with E-state index in [-0.39, 0.29) is 17.4 Å². The van der Waals surface area contributed by atoms with E-state index < -0.39 is 12.0 Å². The van der Waals surface area contributed by atoms with E-state index in [1.165, 1.54) is 7.11 Å². The highest BCUT2D eigenvalue weighted by molar-refractivity contribution is 5.90. The van der Waals surface area contributed by atoms with Crippen molar-refractivity contribution in [2.24, 2.45) is 0 Å². The normalized spacial score (nSPS) is 18.0. The van der Waals surface area contributed by atoms with Gasteiger partial charge in [0.2, 0.25) is 5.91 Å². The molecule has 28 heavy (non-hydrogen) atoms. The van der Waals surface area contributed by atoms with Crippen molar-refractivity contribution < 1.29 is 14.3 Å². The molecule has 0 radical (unpaired) electrons. The van der Waals surface area contributed by atoms with Crippen LogP contribution in [0.3, 0.4) is 0 Å². The number of nitrogens with one attached hydrogen (secondary N) is 3. The Labute approximate surface area is 165 Å². The predicted octanol–water partition coefficient (Wildman–Crippen LogP) is 2.58. The predicted molar refractivity (Wildman–Crippen MR) is 110 cm³/mol. The molecule has 0 aliphatic carbocycles. The van der Waals surface area contributed by atoms with Crippen LogP contribution in [0.15, 0.2) is 36.9 Å². The van der Waals surface area contributed by atoms with Crippen LogP contribution in [0.4, 0.5) is 0 Å². The molecule has 1 aromatic carbocycles. The fourth-order valence-corrected chi connectivity index (χ4v) is 3.78. The van der Waals surface area contributed by atoms with Crippen molar-refractivity contribution in [3.8, 4) is 0 Å². The summed E-state index contributed by atoms with van der Waals surface area (Å²) in [5.41, 5.74) is 2.67. The molecule has 0 unspecified atom stereocenters. The number of rotatable bonds is 7. The van der Waals surface area contributed by atoms with E-state index in [0.717, 1.165) is 41.5 Å². The maximum atomic E-state index is 12.6. The molecule has 2 atom stereocenters. The maximum absolute atomic E-state index is 12.6. The van der Waals surface area contributed by atoms with Gasteiger partial charge < -0.3 is 20.4 Å². The molecule has 1 amide bonds. The molecule has 2 heterocycles. The third kappa shape index (κ3) is 3.97. The lowest BCUT2D eigenvalue weighted by molar-refractivity contribution is -0.145. The van der Waals surface area contributed by atoms with E-state index in [4.69, 9.17) is 4.74 Å². The zero-order valence-corrected chi connectivity index (χ0v) is 16.8. The molecule has 1 fully saturated rings. The number of ether oxygens (including phenoxy) is 1. The molecule has 0 spiro atoms. The molecular weight excluding hydrogens is 354 g/mol.